The van der Waals surface area contributed by atoms with Gasteiger partial charge in [-0.2, -0.15) is 0 Å². The fourth-order valence-corrected chi connectivity index (χ4v) is 4.90. The highest BCUT2D eigenvalue weighted by Gasteiger charge is 2.24. The van der Waals surface area contributed by atoms with Gasteiger partial charge < -0.3 is 10.3 Å². The number of piperidine rings is 1. The van der Waals surface area contributed by atoms with Gasteiger partial charge in [0.1, 0.15) is 0 Å². The Kier molecular flexibility index (Phi) is 6.15. The van der Waals surface area contributed by atoms with Crippen LogP contribution in [0.2, 0.25) is 0 Å². The Labute approximate surface area is 185 Å². The first kappa shape index (κ1) is 21.6. The van der Waals surface area contributed by atoms with E-state index < -0.39 is 0 Å². The quantitative estimate of drug-likeness (QED) is 0.620. The molecule has 1 aliphatic heterocycles. The van der Waals surface area contributed by atoms with E-state index in [0.717, 1.165) is 31.6 Å². The second-order valence-corrected chi connectivity index (χ2v) is 9.24. The van der Waals surface area contributed by atoms with Gasteiger partial charge in [-0.1, -0.05) is 19.9 Å². The van der Waals surface area contributed by atoms with Gasteiger partial charge in [0.25, 0.3) is 0 Å². The first-order chi connectivity index (χ1) is 14.9. The normalized spacial score (nSPS) is 15.7. The van der Waals surface area contributed by atoms with E-state index in [1.54, 1.807) is 7.05 Å². The van der Waals surface area contributed by atoms with Gasteiger partial charge in [0, 0.05) is 35.4 Å². The molecule has 2 N–H and O–H groups in total. The highest BCUT2D eigenvalue weighted by atomic mass is 16.1. The zero-order chi connectivity index (χ0) is 22.1. The Morgan fingerprint density at radius 2 is 1.97 bits per heavy atom. The molecular formula is C26H34N4O. The molecule has 3 aromatic rings. The molecular weight excluding hydrogens is 384 g/mol. The molecule has 0 radical (unpaired) electrons. The summed E-state index contributed by atoms with van der Waals surface area (Å²) < 4.78 is 0. The Morgan fingerprint density at radius 3 is 2.65 bits per heavy atom. The van der Waals surface area contributed by atoms with Crippen molar-refractivity contribution in [2.75, 3.05) is 26.7 Å². The zero-order valence-electron chi connectivity index (χ0n) is 19.4. The Bertz CT molecular complexity index is 1090. The third-order valence-electron chi connectivity index (χ3n) is 6.65. The molecule has 3 heterocycles. The van der Waals surface area contributed by atoms with Gasteiger partial charge in [0.2, 0.25) is 5.91 Å². The molecule has 164 valence electrons. The summed E-state index contributed by atoms with van der Waals surface area (Å²) in [6.45, 7) is 11.2. The number of likely N-dealkylation sites (tertiary alicyclic amines) is 1. The van der Waals surface area contributed by atoms with Crippen LogP contribution in [0.5, 0.6) is 0 Å². The molecule has 0 aliphatic carbocycles. The fraction of sp³-hybridized carbons (Fsp3) is 0.462. The van der Waals surface area contributed by atoms with Gasteiger partial charge >= 0.3 is 0 Å². The van der Waals surface area contributed by atoms with Crippen molar-refractivity contribution in [2.45, 2.75) is 52.4 Å². The SMILES string of the molecule is CNC(=O)CN1CCC(c2ccc3[nH]c(-c4cc(C)ncc4C)c(C(C)C)c3c2)CC1. The zero-order valence-corrected chi connectivity index (χ0v) is 19.4. The van der Waals surface area contributed by atoms with Crippen molar-refractivity contribution < 1.29 is 4.79 Å². The van der Waals surface area contributed by atoms with Crippen molar-refractivity contribution in [3.8, 4) is 11.3 Å². The number of likely N-dealkylation sites (N-methyl/N-ethyl adjacent to an activating group) is 1. The van der Waals surface area contributed by atoms with Gasteiger partial charge in [-0.3, -0.25) is 14.7 Å². The van der Waals surface area contributed by atoms with Gasteiger partial charge in [-0.15, -0.1) is 0 Å². The average molecular weight is 419 g/mol. The molecule has 5 heteroatoms. The van der Waals surface area contributed by atoms with Crippen molar-refractivity contribution in [3.05, 3.63) is 52.8 Å². The van der Waals surface area contributed by atoms with E-state index in [0.29, 0.717) is 18.4 Å². The van der Waals surface area contributed by atoms with Crippen molar-refractivity contribution in [2.24, 2.45) is 0 Å². The lowest BCUT2D eigenvalue weighted by molar-refractivity contribution is -0.122. The summed E-state index contributed by atoms with van der Waals surface area (Å²) in [7, 11) is 1.70. The first-order valence-corrected chi connectivity index (χ1v) is 11.4. The van der Waals surface area contributed by atoms with Crippen LogP contribution in [0.25, 0.3) is 22.2 Å². The number of benzene rings is 1. The number of nitrogens with one attached hydrogen (secondary N) is 2. The lowest BCUT2D eigenvalue weighted by Crippen LogP contribution is -2.40. The van der Waals surface area contributed by atoms with E-state index >= 15 is 0 Å². The van der Waals surface area contributed by atoms with Gasteiger partial charge in [0.15, 0.2) is 0 Å². The molecule has 1 amide bonds. The van der Waals surface area contributed by atoms with Crippen LogP contribution in [-0.4, -0.2) is 47.5 Å². The number of pyridine rings is 1. The van der Waals surface area contributed by atoms with Crippen LogP contribution in [0, 0.1) is 13.8 Å². The molecule has 1 fully saturated rings. The third kappa shape index (κ3) is 4.38. The van der Waals surface area contributed by atoms with Crippen molar-refractivity contribution in [1.29, 1.82) is 0 Å². The van der Waals surface area contributed by atoms with E-state index in [4.69, 9.17) is 0 Å². The van der Waals surface area contributed by atoms with E-state index in [-0.39, 0.29) is 5.91 Å². The molecule has 0 saturated carbocycles. The van der Waals surface area contributed by atoms with Gasteiger partial charge in [-0.05, 0) is 86.5 Å². The predicted molar refractivity (Wildman–Crippen MR) is 128 cm³/mol. The highest BCUT2D eigenvalue weighted by molar-refractivity contribution is 5.92. The number of carbonyl (C=O) groups is 1. The number of aromatic amines is 1. The number of fused-ring (bicyclic) bond motifs is 1. The lowest BCUT2D eigenvalue weighted by atomic mass is 9.87. The van der Waals surface area contributed by atoms with Crippen LogP contribution in [0.4, 0.5) is 0 Å². The second kappa shape index (κ2) is 8.83. The molecule has 0 unspecified atom stereocenters. The standard InChI is InChI=1S/C26H34N4O/c1-16(2)25-22-13-20(19-8-10-30(11-9-19)15-24(31)27-5)6-7-23(22)29-26(25)21-12-18(4)28-14-17(21)3/h6-7,12-14,16,19,29H,8-11,15H2,1-5H3,(H,27,31). The number of carbonyl (C=O) groups excluding carboxylic acids is 1. The van der Waals surface area contributed by atoms with Crippen LogP contribution in [-0.2, 0) is 4.79 Å². The molecule has 0 atom stereocenters. The number of amides is 1. The molecule has 0 spiro atoms. The van der Waals surface area contributed by atoms with Crippen LogP contribution in [0.15, 0.2) is 30.5 Å². The Balaban J connectivity index is 1.66. The molecule has 1 aromatic carbocycles. The second-order valence-electron chi connectivity index (χ2n) is 9.24. The smallest absolute Gasteiger partial charge is 0.233 e. The summed E-state index contributed by atoms with van der Waals surface area (Å²) in [5.41, 5.74) is 8.72. The molecule has 1 aliphatic rings. The summed E-state index contributed by atoms with van der Waals surface area (Å²) >= 11 is 0. The van der Waals surface area contributed by atoms with E-state index in [1.165, 1.54) is 38.9 Å². The molecule has 1 saturated heterocycles. The number of hydrogen-bond donors (Lipinski definition) is 2. The molecule has 31 heavy (non-hydrogen) atoms. The van der Waals surface area contributed by atoms with E-state index in [9.17, 15) is 4.79 Å². The molecule has 2 aromatic heterocycles. The van der Waals surface area contributed by atoms with Crippen molar-refractivity contribution >= 4 is 16.8 Å². The highest BCUT2D eigenvalue weighted by Crippen LogP contribution is 2.39. The van der Waals surface area contributed by atoms with Gasteiger partial charge in [0.05, 0.1) is 12.2 Å². The molecule has 5 nitrogen and oxygen atoms in total. The minimum Gasteiger partial charge on any atom is -0.358 e. The number of rotatable bonds is 5. The summed E-state index contributed by atoms with van der Waals surface area (Å²) in [5, 5.41) is 4.06. The van der Waals surface area contributed by atoms with Crippen LogP contribution in [0.3, 0.4) is 0 Å². The minimum absolute atomic E-state index is 0.0999. The lowest BCUT2D eigenvalue weighted by Gasteiger charge is -2.31. The van der Waals surface area contributed by atoms with Crippen molar-refractivity contribution in [3.63, 3.8) is 0 Å². The maximum Gasteiger partial charge on any atom is 0.233 e. The summed E-state index contributed by atoms with van der Waals surface area (Å²) in [6.07, 6.45) is 4.16. The third-order valence-corrected chi connectivity index (χ3v) is 6.65. The Morgan fingerprint density at radius 1 is 1.23 bits per heavy atom. The minimum atomic E-state index is 0.0999. The number of nitrogens with zero attached hydrogens (tertiary/aromatic N) is 2. The largest absolute Gasteiger partial charge is 0.358 e. The van der Waals surface area contributed by atoms with Gasteiger partial charge in [-0.25, -0.2) is 0 Å². The average Bonchev–Trinajstić information content (AvgIpc) is 3.14. The van der Waals surface area contributed by atoms with Crippen LogP contribution >= 0.6 is 0 Å². The maximum absolute atomic E-state index is 11.7. The number of aryl methyl sites for hydroxylation is 2. The van der Waals surface area contributed by atoms with E-state index in [2.05, 4.69) is 72.1 Å². The maximum atomic E-state index is 11.7. The summed E-state index contributed by atoms with van der Waals surface area (Å²) in [4.78, 5) is 22.1. The molecule has 4 rings (SSSR count). The predicted octanol–water partition coefficient (Wildman–Crippen LogP) is 4.90. The number of aromatic nitrogens is 2. The van der Waals surface area contributed by atoms with Crippen LogP contribution in [0.1, 0.15) is 60.9 Å². The Hall–Kier alpha value is -2.66. The topological polar surface area (TPSA) is 61.0 Å². The number of H-pyrrole nitrogens is 1. The molecule has 0 bridgehead atoms. The monoisotopic (exact) mass is 418 g/mol. The van der Waals surface area contributed by atoms with Crippen molar-refractivity contribution in [1.82, 2.24) is 20.2 Å². The van der Waals surface area contributed by atoms with E-state index in [1.807, 2.05) is 6.20 Å². The first-order valence-electron chi connectivity index (χ1n) is 11.4. The fourth-order valence-electron chi connectivity index (χ4n) is 4.90. The summed E-state index contributed by atoms with van der Waals surface area (Å²) in [5.74, 6) is 1.07. The van der Waals surface area contributed by atoms with Crippen LogP contribution < -0.4 is 5.32 Å². The number of hydrogen-bond acceptors (Lipinski definition) is 3. The summed E-state index contributed by atoms with van der Waals surface area (Å²) in [6, 6.07) is 9.14.